The van der Waals surface area contributed by atoms with E-state index in [-0.39, 0.29) is 16.3 Å². The molecule has 0 aliphatic carbocycles. The maximum atomic E-state index is 13.0. The first-order valence-electron chi connectivity index (χ1n) is 6.02. The van der Waals surface area contributed by atoms with Gasteiger partial charge in [-0.25, -0.2) is 13.6 Å². The summed E-state index contributed by atoms with van der Waals surface area (Å²) < 4.78 is 34.4. The molecule has 0 aliphatic heterocycles. The van der Waals surface area contributed by atoms with Crippen LogP contribution in [0.3, 0.4) is 0 Å². The largest absolute Gasteiger partial charge is 0.452 e. The number of nitrogens with zero attached hydrogens (tertiary/aromatic N) is 1. The quantitative estimate of drug-likeness (QED) is 0.839. The number of carbonyl (C=O) groups is 2. The summed E-state index contributed by atoms with van der Waals surface area (Å²) >= 11 is 0.948. The van der Waals surface area contributed by atoms with Gasteiger partial charge in [0.1, 0.15) is 10.6 Å². The van der Waals surface area contributed by atoms with Gasteiger partial charge in [0.05, 0.1) is 5.69 Å². The Kier molecular flexibility index (Phi) is 4.66. The Morgan fingerprint density at radius 1 is 1.36 bits per heavy atom. The predicted octanol–water partition coefficient (Wildman–Crippen LogP) is 2.11. The number of benzene rings is 1. The standard InChI is InChI=1S/C13H11F2N3O3S/c1-6-11(12(16)22-18-6)13(20)21-5-10(19)17-7-2-3-8(14)9(15)4-7/h2-4H,5,16H2,1H3,(H,17,19). The topological polar surface area (TPSA) is 94.3 Å². The molecule has 22 heavy (non-hydrogen) atoms. The van der Waals surface area contributed by atoms with E-state index in [0.717, 1.165) is 23.7 Å². The van der Waals surface area contributed by atoms with Gasteiger partial charge in [0, 0.05) is 11.8 Å². The van der Waals surface area contributed by atoms with Crippen molar-refractivity contribution in [2.45, 2.75) is 6.92 Å². The zero-order valence-electron chi connectivity index (χ0n) is 11.4. The third-order valence-corrected chi connectivity index (χ3v) is 3.40. The van der Waals surface area contributed by atoms with E-state index in [1.165, 1.54) is 6.07 Å². The van der Waals surface area contributed by atoms with E-state index in [1.54, 1.807) is 6.92 Å². The van der Waals surface area contributed by atoms with Crippen LogP contribution in [0.1, 0.15) is 16.1 Å². The third kappa shape index (κ3) is 3.55. The van der Waals surface area contributed by atoms with Crippen molar-refractivity contribution >= 4 is 34.1 Å². The molecule has 0 saturated heterocycles. The molecular weight excluding hydrogens is 316 g/mol. The smallest absolute Gasteiger partial charge is 0.343 e. The monoisotopic (exact) mass is 327 g/mol. The highest BCUT2D eigenvalue weighted by Crippen LogP contribution is 2.21. The van der Waals surface area contributed by atoms with Crippen LogP contribution < -0.4 is 11.1 Å². The molecule has 0 aliphatic rings. The molecule has 3 N–H and O–H groups in total. The molecule has 0 spiro atoms. The molecule has 1 heterocycles. The first kappa shape index (κ1) is 15.8. The number of nitrogen functional groups attached to an aromatic ring is 1. The summed E-state index contributed by atoms with van der Waals surface area (Å²) in [5.41, 5.74) is 6.16. The normalized spacial score (nSPS) is 10.3. The average Bonchev–Trinajstić information content (AvgIpc) is 2.80. The summed E-state index contributed by atoms with van der Waals surface area (Å²) in [6.07, 6.45) is 0. The van der Waals surface area contributed by atoms with Crippen molar-refractivity contribution in [3.63, 3.8) is 0 Å². The van der Waals surface area contributed by atoms with Crippen LogP contribution in [-0.2, 0) is 9.53 Å². The van der Waals surface area contributed by atoms with Gasteiger partial charge < -0.3 is 15.8 Å². The van der Waals surface area contributed by atoms with Crippen LogP contribution in [0.2, 0.25) is 0 Å². The first-order valence-corrected chi connectivity index (χ1v) is 6.79. The lowest BCUT2D eigenvalue weighted by atomic mass is 10.2. The summed E-state index contributed by atoms with van der Waals surface area (Å²) in [7, 11) is 0. The molecule has 0 unspecified atom stereocenters. The van der Waals surface area contributed by atoms with E-state index in [2.05, 4.69) is 9.69 Å². The van der Waals surface area contributed by atoms with Crippen LogP contribution in [0.4, 0.5) is 19.5 Å². The van der Waals surface area contributed by atoms with Gasteiger partial charge in [-0.15, -0.1) is 0 Å². The predicted molar refractivity (Wildman–Crippen MR) is 76.5 cm³/mol. The van der Waals surface area contributed by atoms with Gasteiger partial charge in [-0.2, -0.15) is 4.37 Å². The molecule has 0 radical (unpaired) electrons. The van der Waals surface area contributed by atoms with E-state index < -0.39 is 30.1 Å². The number of hydrogen-bond acceptors (Lipinski definition) is 6. The Hall–Kier alpha value is -2.55. The Balaban J connectivity index is 1.93. The van der Waals surface area contributed by atoms with Crippen LogP contribution in [0, 0.1) is 18.6 Å². The van der Waals surface area contributed by atoms with Crippen LogP contribution in [0.5, 0.6) is 0 Å². The summed E-state index contributed by atoms with van der Waals surface area (Å²) in [6, 6.07) is 2.88. The van der Waals surface area contributed by atoms with Gasteiger partial charge >= 0.3 is 5.97 Å². The van der Waals surface area contributed by atoms with E-state index >= 15 is 0 Å². The molecule has 2 rings (SSSR count). The lowest BCUT2D eigenvalue weighted by molar-refractivity contribution is -0.119. The van der Waals surface area contributed by atoms with Crippen molar-refractivity contribution in [1.29, 1.82) is 0 Å². The highest BCUT2D eigenvalue weighted by molar-refractivity contribution is 7.10. The minimum absolute atomic E-state index is 0.0489. The number of hydrogen-bond donors (Lipinski definition) is 2. The van der Waals surface area contributed by atoms with Gasteiger partial charge in [0.25, 0.3) is 5.91 Å². The first-order chi connectivity index (χ1) is 10.4. The lowest BCUT2D eigenvalue weighted by Gasteiger charge is -2.07. The molecule has 0 bridgehead atoms. The minimum atomic E-state index is -1.09. The number of anilines is 2. The lowest BCUT2D eigenvalue weighted by Crippen LogP contribution is -2.21. The average molecular weight is 327 g/mol. The molecule has 9 heteroatoms. The van der Waals surface area contributed by atoms with Crippen molar-refractivity contribution in [3.05, 3.63) is 41.1 Å². The number of aromatic nitrogens is 1. The number of nitrogens with two attached hydrogens (primary N) is 1. The fourth-order valence-corrected chi connectivity index (χ4v) is 2.26. The molecule has 1 aromatic carbocycles. The molecule has 0 saturated carbocycles. The van der Waals surface area contributed by atoms with Gasteiger partial charge in [-0.1, -0.05) is 0 Å². The van der Waals surface area contributed by atoms with Crippen LogP contribution >= 0.6 is 11.5 Å². The van der Waals surface area contributed by atoms with Crippen LogP contribution in [-0.4, -0.2) is 22.9 Å². The SMILES string of the molecule is Cc1nsc(N)c1C(=O)OCC(=O)Nc1ccc(F)c(F)c1. The second-order valence-corrected chi connectivity index (χ2v) is 5.07. The fraction of sp³-hybridized carbons (Fsp3) is 0.154. The highest BCUT2D eigenvalue weighted by Gasteiger charge is 2.19. The molecule has 0 atom stereocenters. The number of rotatable bonds is 4. The number of esters is 1. The van der Waals surface area contributed by atoms with Crippen LogP contribution in [0.25, 0.3) is 0 Å². The number of halogens is 2. The molecule has 2 aromatic rings. The second-order valence-electron chi connectivity index (χ2n) is 4.26. The Labute approximate surface area is 128 Å². The summed E-state index contributed by atoms with van der Waals surface area (Å²) in [5.74, 6) is -3.59. The van der Waals surface area contributed by atoms with Crippen molar-refractivity contribution < 1.29 is 23.1 Å². The summed E-state index contributed by atoms with van der Waals surface area (Å²) in [5, 5.41) is 2.47. The van der Waals surface area contributed by atoms with E-state index in [9.17, 15) is 18.4 Å². The Bertz CT molecular complexity index is 714. The van der Waals surface area contributed by atoms with E-state index in [1.807, 2.05) is 0 Å². The van der Waals surface area contributed by atoms with Gasteiger partial charge in [0.2, 0.25) is 0 Å². The van der Waals surface area contributed by atoms with Crippen molar-refractivity contribution in [1.82, 2.24) is 4.37 Å². The number of aryl methyl sites for hydroxylation is 1. The molecule has 1 amide bonds. The number of nitrogens with one attached hydrogen (secondary N) is 1. The molecular formula is C13H11F2N3O3S. The Morgan fingerprint density at radius 3 is 2.68 bits per heavy atom. The van der Waals surface area contributed by atoms with Crippen molar-refractivity contribution in [2.75, 3.05) is 17.7 Å². The molecule has 1 aromatic heterocycles. The highest BCUT2D eigenvalue weighted by atomic mass is 32.1. The summed E-state index contributed by atoms with van der Waals surface area (Å²) in [4.78, 5) is 23.4. The zero-order chi connectivity index (χ0) is 16.3. The number of amides is 1. The molecule has 116 valence electrons. The van der Waals surface area contributed by atoms with E-state index in [0.29, 0.717) is 5.69 Å². The third-order valence-electron chi connectivity index (χ3n) is 2.63. The van der Waals surface area contributed by atoms with Crippen molar-refractivity contribution in [2.24, 2.45) is 0 Å². The van der Waals surface area contributed by atoms with Gasteiger partial charge in [-0.05, 0) is 30.6 Å². The van der Waals surface area contributed by atoms with E-state index in [4.69, 9.17) is 10.5 Å². The zero-order valence-corrected chi connectivity index (χ0v) is 12.2. The van der Waals surface area contributed by atoms with Gasteiger partial charge in [0.15, 0.2) is 18.2 Å². The minimum Gasteiger partial charge on any atom is -0.452 e. The molecule has 6 nitrogen and oxygen atoms in total. The van der Waals surface area contributed by atoms with Crippen molar-refractivity contribution in [3.8, 4) is 0 Å². The number of carbonyl (C=O) groups excluding carboxylic acids is 2. The summed E-state index contributed by atoms with van der Waals surface area (Å²) in [6.45, 7) is 0.997. The maximum Gasteiger partial charge on any atom is 0.343 e. The maximum absolute atomic E-state index is 13.0. The molecule has 0 fully saturated rings. The number of ether oxygens (including phenoxy) is 1. The van der Waals surface area contributed by atoms with Gasteiger partial charge in [-0.3, -0.25) is 4.79 Å². The fourth-order valence-electron chi connectivity index (χ4n) is 1.61. The second kappa shape index (κ2) is 6.48. The Morgan fingerprint density at radius 2 is 2.09 bits per heavy atom. The van der Waals surface area contributed by atoms with Crippen LogP contribution in [0.15, 0.2) is 18.2 Å².